The number of aromatic nitrogens is 3. The molecule has 2 rings (SSSR count). The molecule has 0 amide bonds. The Kier molecular flexibility index (Phi) is 2.91. The molecule has 0 fully saturated rings. The Hall–Kier alpha value is -1.82. The average Bonchev–Trinajstić information content (AvgIpc) is 2.83. The van der Waals surface area contributed by atoms with E-state index in [0.717, 1.165) is 0 Å². The van der Waals surface area contributed by atoms with E-state index in [2.05, 4.69) is 14.7 Å². The fourth-order valence-corrected chi connectivity index (χ4v) is 1.58. The maximum atomic E-state index is 10.9. The molecule has 7 heteroatoms. The molecule has 0 aliphatic heterocycles. The van der Waals surface area contributed by atoms with Crippen molar-refractivity contribution in [1.82, 2.24) is 14.7 Å². The van der Waals surface area contributed by atoms with Crippen LogP contribution in [0.25, 0.3) is 0 Å². The standard InChI is InChI=1S/C9H8ClN3O3/c10-6-3-7(9(14)15)13(4-6)2-1-8-11-5-16-12-8/h3-5H,1-2H2,(H,14,15). The number of nitrogens with zero attached hydrogens (tertiary/aromatic N) is 3. The summed E-state index contributed by atoms with van der Waals surface area (Å²) in [5.41, 5.74) is 0.147. The number of hydrogen-bond donors (Lipinski definition) is 1. The summed E-state index contributed by atoms with van der Waals surface area (Å²) in [6, 6.07) is 1.40. The fraction of sp³-hybridized carbons (Fsp3) is 0.222. The summed E-state index contributed by atoms with van der Waals surface area (Å²) in [4.78, 5) is 14.7. The molecule has 0 saturated heterocycles. The zero-order valence-electron chi connectivity index (χ0n) is 8.13. The normalized spacial score (nSPS) is 10.6. The van der Waals surface area contributed by atoms with Gasteiger partial charge in [-0.15, -0.1) is 0 Å². The van der Waals surface area contributed by atoms with Crippen molar-refractivity contribution in [3.05, 3.63) is 35.2 Å². The Labute approximate surface area is 95.4 Å². The van der Waals surface area contributed by atoms with E-state index in [-0.39, 0.29) is 5.69 Å². The maximum absolute atomic E-state index is 10.9. The average molecular weight is 242 g/mol. The molecule has 6 nitrogen and oxygen atoms in total. The minimum atomic E-state index is -1.01. The van der Waals surface area contributed by atoms with Crippen molar-refractivity contribution >= 4 is 17.6 Å². The van der Waals surface area contributed by atoms with Gasteiger partial charge < -0.3 is 14.2 Å². The predicted molar refractivity (Wildman–Crippen MR) is 54.4 cm³/mol. The fourth-order valence-electron chi connectivity index (χ4n) is 1.36. The molecule has 0 atom stereocenters. The summed E-state index contributed by atoms with van der Waals surface area (Å²) in [6.07, 6.45) is 3.28. The first-order valence-corrected chi connectivity index (χ1v) is 4.89. The molecule has 0 spiro atoms. The van der Waals surface area contributed by atoms with Crippen molar-refractivity contribution in [3.8, 4) is 0 Å². The third-order valence-corrected chi connectivity index (χ3v) is 2.27. The molecule has 0 aliphatic carbocycles. The lowest BCUT2D eigenvalue weighted by molar-refractivity contribution is 0.0685. The van der Waals surface area contributed by atoms with Crippen LogP contribution in [-0.2, 0) is 13.0 Å². The molecule has 84 valence electrons. The van der Waals surface area contributed by atoms with Crippen molar-refractivity contribution in [3.63, 3.8) is 0 Å². The van der Waals surface area contributed by atoms with Gasteiger partial charge >= 0.3 is 5.97 Å². The van der Waals surface area contributed by atoms with Gasteiger partial charge in [0.05, 0.1) is 5.02 Å². The van der Waals surface area contributed by atoms with Crippen molar-refractivity contribution in [2.45, 2.75) is 13.0 Å². The van der Waals surface area contributed by atoms with Crippen molar-refractivity contribution in [1.29, 1.82) is 0 Å². The lowest BCUT2D eigenvalue weighted by Crippen LogP contribution is -2.09. The van der Waals surface area contributed by atoms with Crippen LogP contribution in [0.5, 0.6) is 0 Å². The highest BCUT2D eigenvalue weighted by Crippen LogP contribution is 2.14. The molecule has 2 aromatic rings. The van der Waals surface area contributed by atoms with E-state index in [0.29, 0.717) is 23.8 Å². The van der Waals surface area contributed by atoms with Crippen LogP contribution in [0.15, 0.2) is 23.2 Å². The molecule has 0 unspecified atom stereocenters. The SMILES string of the molecule is O=C(O)c1cc(Cl)cn1CCc1ncon1. The van der Waals surface area contributed by atoms with E-state index < -0.39 is 5.97 Å². The summed E-state index contributed by atoms with van der Waals surface area (Å²) >= 11 is 5.74. The largest absolute Gasteiger partial charge is 0.477 e. The number of aromatic carboxylic acids is 1. The van der Waals surface area contributed by atoms with Crippen LogP contribution in [0, 0.1) is 0 Å². The van der Waals surface area contributed by atoms with Gasteiger partial charge in [-0.25, -0.2) is 4.79 Å². The van der Waals surface area contributed by atoms with Gasteiger partial charge in [-0.05, 0) is 6.07 Å². The van der Waals surface area contributed by atoms with Crippen molar-refractivity contribution < 1.29 is 14.4 Å². The molecule has 16 heavy (non-hydrogen) atoms. The van der Waals surface area contributed by atoms with Gasteiger partial charge in [-0.3, -0.25) is 0 Å². The van der Waals surface area contributed by atoms with Crippen LogP contribution in [0.2, 0.25) is 5.02 Å². The van der Waals surface area contributed by atoms with Gasteiger partial charge in [0.1, 0.15) is 5.69 Å². The lowest BCUT2D eigenvalue weighted by atomic mass is 10.4. The zero-order chi connectivity index (χ0) is 11.5. The highest BCUT2D eigenvalue weighted by atomic mass is 35.5. The molecule has 0 saturated carbocycles. The maximum Gasteiger partial charge on any atom is 0.352 e. The third-order valence-electron chi connectivity index (χ3n) is 2.07. The minimum absolute atomic E-state index is 0.147. The van der Waals surface area contributed by atoms with Gasteiger partial charge in [0.2, 0.25) is 6.39 Å². The van der Waals surface area contributed by atoms with E-state index in [1.807, 2.05) is 0 Å². The summed E-state index contributed by atoms with van der Waals surface area (Å²) in [5, 5.41) is 12.9. The number of carboxylic acids is 1. The van der Waals surface area contributed by atoms with E-state index in [9.17, 15) is 4.79 Å². The molecule has 0 aliphatic rings. The first-order chi connectivity index (χ1) is 7.66. The molecule has 0 radical (unpaired) electrons. The van der Waals surface area contributed by atoms with E-state index >= 15 is 0 Å². The molecule has 1 N–H and O–H groups in total. The number of hydrogen-bond acceptors (Lipinski definition) is 4. The molecular weight excluding hydrogens is 234 g/mol. The van der Waals surface area contributed by atoms with Crippen molar-refractivity contribution in [2.75, 3.05) is 0 Å². The molecule has 0 bridgehead atoms. The van der Waals surface area contributed by atoms with E-state index in [1.54, 1.807) is 10.8 Å². The monoisotopic (exact) mass is 241 g/mol. The van der Waals surface area contributed by atoms with Crippen LogP contribution in [0.3, 0.4) is 0 Å². The van der Waals surface area contributed by atoms with E-state index in [4.69, 9.17) is 16.7 Å². The number of carboxylic acid groups (broad SMARTS) is 1. The summed E-state index contributed by atoms with van der Waals surface area (Å²) in [5.74, 6) is -0.485. The lowest BCUT2D eigenvalue weighted by Gasteiger charge is -2.03. The second-order valence-corrected chi connectivity index (χ2v) is 3.58. The Bertz CT molecular complexity index is 492. The third kappa shape index (κ3) is 2.22. The highest BCUT2D eigenvalue weighted by Gasteiger charge is 2.12. The number of halogens is 1. The summed E-state index contributed by atoms with van der Waals surface area (Å²) in [7, 11) is 0. The zero-order valence-corrected chi connectivity index (χ0v) is 8.89. The number of aryl methyl sites for hydroxylation is 2. The van der Waals surface area contributed by atoms with Gasteiger partial charge in [-0.1, -0.05) is 16.8 Å². The number of carbonyl (C=O) groups is 1. The van der Waals surface area contributed by atoms with Crippen molar-refractivity contribution in [2.24, 2.45) is 0 Å². The van der Waals surface area contributed by atoms with Gasteiger partial charge in [0.15, 0.2) is 5.82 Å². The predicted octanol–water partition coefficient (Wildman–Crippen LogP) is 1.47. The Morgan fingerprint density at radius 1 is 1.62 bits per heavy atom. The Morgan fingerprint density at radius 2 is 2.44 bits per heavy atom. The van der Waals surface area contributed by atoms with Gasteiger partial charge in [-0.2, -0.15) is 4.98 Å². The summed E-state index contributed by atoms with van der Waals surface area (Å²) < 4.78 is 6.12. The van der Waals surface area contributed by atoms with Crippen LogP contribution < -0.4 is 0 Å². The molecule has 2 aromatic heterocycles. The number of rotatable bonds is 4. The minimum Gasteiger partial charge on any atom is -0.477 e. The topological polar surface area (TPSA) is 81.1 Å². The first-order valence-electron chi connectivity index (χ1n) is 4.51. The quantitative estimate of drug-likeness (QED) is 0.877. The second-order valence-electron chi connectivity index (χ2n) is 3.14. The van der Waals surface area contributed by atoms with Crippen LogP contribution >= 0.6 is 11.6 Å². The van der Waals surface area contributed by atoms with Crippen LogP contribution in [-0.4, -0.2) is 25.8 Å². The van der Waals surface area contributed by atoms with Gasteiger partial charge in [0, 0.05) is 19.2 Å². The smallest absolute Gasteiger partial charge is 0.352 e. The second kappa shape index (κ2) is 4.36. The molecule has 2 heterocycles. The summed E-state index contributed by atoms with van der Waals surface area (Å²) in [6.45, 7) is 0.438. The Morgan fingerprint density at radius 3 is 3.06 bits per heavy atom. The molecule has 0 aromatic carbocycles. The molecular formula is C9H8ClN3O3. The van der Waals surface area contributed by atoms with Crippen LogP contribution in [0.1, 0.15) is 16.3 Å². The van der Waals surface area contributed by atoms with Crippen LogP contribution in [0.4, 0.5) is 0 Å². The van der Waals surface area contributed by atoms with Gasteiger partial charge in [0.25, 0.3) is 0 Å². The highest BCUT2D eigenvalue weighted by molar-refractivity contribution is 6.30. The van der Waals surface area contributed by atoms with E-state index in [1.165, 1.54) is 12.5 Å². The Balaban J connectivity index is 2.12. The first kappa shape index (κ1) is 10.7.